The van der Waals surface area contributed by atoms with Crippen LogP contribution in [0.15, 0.2) is 35.0 Å². The van der Waals surface area contributed by atoms with Gasteiger partial charge in [0.05, 0.1) is 0 Å². The maximum absolute atomic E-state index is 11.9. The Bertz CT molecular complexity index is 1030. The Hall–Kier alpha value is -3.16. The van der Waals surface area contributed by atoms with Gasteiger partial charge in [0.1, 0.15) is 11.4 Å². The molecule has 0 aliphatic heterocycles. The van der Waals surface area contributed by atoms with Crippen LogP contribution in [0.5, 0.6) is 0 Å². The number of fused-ring (bicyclic) bond motifs is 1. The average Bonchev–Trinajstić information content (AvgIpc) is 3.04. The van der Waals surface area contributed by atoms with E-state index in [0.717, 1.165) is 35.0 Å². The van der Waals surface area contributed by atoms with Gasteiger partial charge in [0.2, 0.25) is 11.7 Å². The number of nitrogens with one attached hydrogen (secondary N) is 2. The second-order valence-electron chi connectivity index (χ2n) is 8.39. The number of carbonyl (C=O) groups is 1. The number of carbonyl (C=O) groups excluding carboxylic acids is 1. The fourth-order valence-corrected chi connectivity index (χ4v) is 3.36. The summed E-state index contributed by atoms with van der Waals surface area (Å²) in [6, 6.07) is 8.33. The van der Waals surface area contributed by atoms with Gasteiger partial charge >= 0.3 is 6.09 Å². The van der Waals surface area contributed by atoms with Crippen molar-refractivity contribution in [1.29, 1.82) is 0 Å². The van der Waals surface area contributed by atoms with E-state index in [9.17, 15) is 4.79 Å². The number of aryl methyl sites for hydroxylation is 1. The largest absolute Gasteiger partial charge is 0.444 e. The number of anilines is 1. The molecular weight excluding hydrogens is 370 g/mol. The van der Waals surface area contributed by atoms with Crippen LogP contribution in [0, 0.1) is 6.92 Å². The zero-order valence-corrected chi connectivity index (χ0v) is 17.0. The van der Waals surface area contributed by atoms with E-state index in [4.69, 9.17) is 9.26 Å². The van der Waals surface area contributed by atoms with Gasteiger partial charge < -0.3 is 19.9 Å². The number of aromatic nitrogens is 3. The van der Waals surface area contributed by atoms with Crippen molar-refractivity contribution in [1.82, 2.24) is 20.4 Å². The topological polar surface area (TPSA) is 102 Å². The van der Waals surface area contributed by atoms with E-state index in [1.807, 2.05) is 45.0 Å². The predicted octanol–water partition coefficient (Wildman–Crippen LogP) is 4.06. The monoisotopic (exact) mass is 395 g/mol. The number of benzene rings is 1. The first-order valence-electron chi connectivity index (χ1n) is 9.72. The first-order valence-corrected chi connectivity index (χ1v) is 9.72. The third kappa shape index (κ3) is 4.47. The molecule has 8 heteroatoms. The molecule has 152 valence electrons. The molecule has 1 aromatic carbocycles. The summed E-state index contributed by atoms with van der Waals surface area (Å²) in [6.45, 7) is 7.33. The fraction of sp³-hybridized carbons (Fsp3) is 0.429. The number of hydrogen-bond acceptors (Lipinski definition) is 7. The minimum Gasteiger partial charge on any atom is -0.444 e. The van der Waals surface area contributed by atoms with Crippen LogP contribution in [0.25, 0.3) is 22.2 Å². The molecule has 0 spiro atoms. The Morgan fingerprint density at radius 1 is 1.21 bits per heavy atom. The summed E-state index contributed by atoms with van der Waals surface area (Å²) in [5.74, 6) is 1.90. The van der Waals surface area contributed by atoms with E-state index >= 15 is 0 Å². The molecule has 29 heavy (non-hydrogen) atoms. The van der Waals surface area contributed by atoms with Crippen LogP contribution in [-0.4, -0.2) is 38.9 Å². The summed E-state index contributed by atoms with van der Waals surface area (Å²) in [4.78, 5) is 20.7. The molecular formula is C21H25N5O3. The van der Waals surface area contributed by atoms with Crippen LogP contribution in [0.3, 0.4) is 0 Å². The number of ether oxygens (including phenoxy) is 1. The summed E-state index contributed by atoms with van der Waals surface area (Å²) in [5.41, 5.74) is 0.385. The van der Waals surface area contributed by atoms with Crippen LogP contribution >= 0.6 is 0 Å². The van der Waals surface area contributed by atoms with Crippen LogP contribution in [0.4, 0.5) is 10.6 Å². The van der Waals surface area contributed by atoms with Crippen molar-refractivity contribution in [3.63, 3.8) is 0 Å². The van der Waals surface area contributed by atoms with Gasteiger partial charge in [-0.05, 0) is 51.1 Å². The molecule has 0 atom stereocenters. The number of rotatable bonds is 4. The lowest BCUT2D eigenvalue weighted by molar-refractivity contribution is 0.0475. The maximum Gasteiger partial charge on any atom is 0.407 e. The molecule has 1 aliphatic rings. The van der Waals surface area contributed by atoms with E-state index in [0.29, 0.717) is 11.7 Å². The molecule has 0 radical (unpaired) electrons. The van der Waals surface area contributed by atoms with Gasteiger partial charge in [-0.2, -0.15) is 4.98 Å². The molecule has 2 heterocycles. The second-order valence-corrected chi connectivity index (χ2v) is 8.39. The van der Waals surface area contributed by atoms with E-state index in [-0.39, 0.29) is 18.2 Å². The molecule has 1 aliphatic carbocycles. The molecule has 1 saturated carbocycles. The number of nitrogens with zero attached hydrogens (tertiary/aromatic N) is 3. The lowest BCUT2D eigenvalue weighted by Gasteiger charge is -2.37. The van der Waals surface area contributed by atoms with Gasteiger partial charge in [0, 0.05) is 36.2 Å². The predicted molar refractivity (Wildman–Crippen MR) is 110 cm³/mol. The van der Waals surface area contributed by atoms with Crippen molar-refractivity contribution in [2.75, 3.05) is 5.32 Å². The lowest BCUT2D eigenvalue weighted by Crippen LogP contribution is -2.50. The quantitative estimate of drug-likeness (QED) is 0.687. The van der Waals surface area contributed by atoms with Crippen LogP contribution in [-0.2, 0) is 4.74 Å². The van der Waals surface area contributed by atoms with Crippen LogP contribution < -0.4 is 10.6 Å². The number of amides is 1. The number of alkyl carbamates (subject to hydrolysis) is 1. The molecule has 8 nitrogen and oxygen atoms in total. The highest BCUT2D eigenvalue weighted by atomic mass is 16.6. The van der Waals surface area contributed by atoms with E-state index in [1.54, 1.807) is 13.1 Å². The van der Waals surface area contributed by atoms with Crippen molar-refractivity contribution in [3.8, 4) is 11.4 Å². The maximum atomic E-state index is 11.9. The van der Waals surface area contributed by atoms with Gasteiger partial charge in [0.15, 0.2) is 0 Å². The van der Waals surface area contributed by atoms with Crippen molar-refractivity contribution < 1.29 is 14.1 Å². The highest BCUT2D eigenvalue weighted by molar-refractivity contribution is 5.94. The van der Waals surface area contributed by atoms with Gasteiger partial charge in [-0.25, -0.2) is 9.78 Å². The van der Waals surface area contributed by atoms with Crippen molar-refractivity contribution in [2.45, 2.75) is 58.2 Å². The molecule has 4 rings (SSSR count). The van der Waals surface area contributed by atoms with Crippen molar-refractivity contribution >= 4 is 22.7 Å². The van der Waals surface area contributed by atoms with Crippen molar-refractivity contribution in [3.05, 3.63) is 36.4 Å². The first kappa shape index (κ1) is 19.2. The third-order valence-corrected chi connectivity index (χ3v) is 4.75. The van der Waals surface area contributed by atoms with Crippen molar-refractivity contribution in [2.24, 2.45) is 0 Å². The molecule has 1 fully saturated rings. The second kappa shape index (κ2) is 7.35. The van der Waals surface area contributed by atoms with E-state index in [2.05, 4.69) is 25.8 Å². The molecule has 2 N–H and O–H groups in total. The normalized spacial score (nSPS) is 18.9. The Morgan fingerprint density at radius 3 is 2.69 bits per heavy atom. The SMILES string of the molecule is Cc1nc(-c2ccc3ccnc(NC4CC(NC(=O)OC(C)(C)C)C4)c3c2)no1. The smallest absolute Gasteiger partial charge is 0.407 e. The summed E-state index contributed by atoms with van der Waals surface area (Å²) >= 11 is 0. The van der Waals surface area contributed by atoms with Gasteiger partial charge in [-0.3, -0.25) is 0 Å². The molecule has 0 unspecified atom stereocenters. The lowest BCUT2D eigenvalue weighted by atomic mass is 9.86. The van der Waals surface area contributed by atoms with Gasteiger partial charge in [-0.1, -0.05) is 17.3 Å². The number of hydrogen-bond donors (Lipinski definition) is 2. The van der Waals surface area contributed by atoms with Gasteiger partial charge in [-0.15, -0.1) is 0 Å². The van der Waals surface area contributed by atoms with E-state index < -0.39 is 5.60 Å². The van der Waals surface area contributed by atoms with E-state index in [1.165, 1.54) is 0 Å². The Kier molecular flexibility index (Phi) is 4.86. The standard InChI is InChI=1S/C21H25N5O3/c1-12-23-18(26-29-12)14-6-5-13-7-8-22-19(17(13)9-14)24-15-10-16(11-15)25-20(27)28-21(2,3)4/h5-9,15-16H,10-11H2,1-4H3,(H,22,24)(H,25,27). The summed E-state index contributed by atoms with van der Waals surface area (Å²) in [7, 11) is 0. The Balaban J connectivity index is 1.43. The minimum absolute atomic E-state index is 0.107. The Labute approximate surface area is 169 Å². The minimum atomic E-state index is -0.493. The third-order valence-electron chi connectivity index (χ3n) is 4.75. The van der Waals surface area contributed by atoms with Crippen LogP contribution in [0.2, 0.25) is 0 Å². The molecule has 1 amide bonds. The van der Waals surface area contributed by atoms with Crippen LogP contribution in [0.1, 0.15) is 39.5 Å². The average molecular weight is 395 g/mol. The fourth-order valence-electron chi connectivity index (χ4n) is 3.36. The zero-order chi connectivity index (χ0) is 20.6. The molecule has 3 aromatic rings. The van der Waals surface area contributed by atoms with Gasteiger partial charge in [0.25, 0.3) is 0 Å². The summed E-state index contributed by atoms with van der Waals surface area (Å²) in [5, 5.41) is 12.5. The molecule has 2 aromatic heterocycles. The molecule has 0 saturated heterocycles. The highest BCUT2D eigenvalue weighted by Crippen LogP contribution is 2.30. The molecule has 0 bridgehead atoms. The first-order chi connectivity index (χ1) is 13.8. The Morgan fingerprint density at radius 2 is 2.00 bits per heavy atom. The summed E-state index contributed by atoms with van der Waals surface area (Å²) in [6.07, 6.45) is 3.06. The number of pyridine rings is 1. The highest BCUT2D eigenvalue weighted by Gasteiger charge is 2.32. The summed E-state index contributed by atoms with van der Waals surface area (Å²) < 4.78 is 10.4. The zero-order valence-electron chi connectivity index (χ0n) is 17.0.